The molecule has 0 atom stereocenters. The Balaban J connectivity index is 1.43. The van der Waals surface area contributed by atoms with Gasteiger partial charge in [-0.15, -0.1) is 0 Å². The van der Waals surface area contributed by atoms with Crippen molar-refractivity contribution in [3.63, 3.8) is 0 Å². The van der Waals surface area contributed by atoms with Gasteiger partial charge in [0.1, 0.15) is 34.7 Å². The van der Waals surface area contributed by atoms with Gasteiger partial charge in [-0.1, -0.05) is 39.0 Å². The lowest BCUT2D eigenvalue weighted by Crippen LogP contribution is -2.41. The average molecular weight is 716 g/mol. The first-order chi connectivity index (χ1) is 23.5. The zero-order chi connectivity index (χ0) is 36.3. The molecular formula is C34H38F5N7O3Si. The number of nitrogens with one attached hydrogen (secondary N) is 1. The average Bonchev–Trinajstić information content (AvgIpc) is 3.39. The van der Waals surface area contributed by atoms with Gasteiger partial charge in [0.15, 0.2) is 32.3 Å². The number of halogens is 5. The van der Waals surface area contributed by atoms with Crippen LogP contribution in [0.25, 0.3) is 22.4 Å². The number of hydrogen-bond acceptors (Lipinski definition) is 9. The van der Waals surface area contributed by atoms with E-state index in [-0.39, 0.29) is 17.4 Å². The lowest BCUT2D eigenvalue weighted by Gasteiger charge is -2.36. The molecule has 0 saturated carbocycles. The minimum Gasteiger partial charge on any atom is -0.488 e. The third-order valence-corrected chi connectivity index (χ3v) is 12.8. The highest BCUT2D eigenvalue weighted by molar-refractivity contribution is 6.74. The molecule has 5 rings (SSSR count). The number of alkyl halides is 3. The minimum absolute atomic E-state index is 0.0863. The normalized spacial score (nSPS) is 12.4. The summed E-state index contributed by atoms with van der Waals surface area (Å²) in [6, 6.07) is 10.1. The molecular weight excluding hydrogens is 677 g/mol. The standard InChI is InChI=1S/C34H38F5N7O3Si/c1-21-40-13-12-29(42-21)43-31-28(47-14-9-15-49-50(5,6)33(2,3)4)18-41-32(44-31)30-23-10-7-8-11-27(23)46(45-30)19-24-25(35)16-22(17-26(24)36)48-20-34(37,38)39/h7-8,10-13,16-18H,9,14-15,19-20H2,1-6H3,(H,40,41,42,43,44). The number of anilines is 2. The first kappa shape index (κ1) is 36.6. The summed E-state index contributed by atoms with van der Waals surface area (Å²) in [7, 11) is -1.91. The highest BCUT2D eigenvalue weighted by atomic mass is 28.4. The number of hydrogen-bond donors (Lipinski definition) is 1. The van der Waals surface area contributed by atoms with Crippen LogP contribution in [0.3, 0.4) is 0 Å². The van der Waals surface area contributed by atoms with Crippen LogP contribution < -0.4 is 14.8 Å². The Bertz CT molecular complexity index is 1940. The number of benzene rings is 2. The maximum absolute atomic E-state index is 15.0. The van der Waals surface area contributed by atoms with E-state index in [0.717, 1.165) is 0 Å². The van der Waals surface area contributed by atoms with Gasteiger partial charge in [-0.25, -0.2) is 28.7 Å². The van der Waals surface area contributed by atoms with Gasteiger partial charge in [0.05, 0.1) is 24.9 Å². The van der Waals surface area contributed by atoms with Crippen LogP contribution in [0.15, 0.2) is 54.9 Å². The van der Waals surface area contributed by atoms with E-state index in [1.54, 1.807) is 43.5 Å². The number of ether oxygens (including phenoxy) is 2. The first-order valence-corrected chi connectivity index (χ1v) is 18.8. The van der Waals surface area contributed by atoms with E-state index in [0.29, 0.717) is 71.6 Å². The SMILES string of the molecule is Cc1nccc(Nc2nc(-c3nn(Cc4c(F)cc(OCC(F)(F)F)cc4F)c4ccccc34)ncc2OCCCO[Si](C)(C)C(C)(C)C)n1. The number of fused-ring (bicyclic) bond motifs is 1. The van der Waals surface area contributed by atoms with Crippen molar-refractivity contribution in [1.29, 1.82) is 0 Å². The molecule has 0 fully saturated rings. The summed E-state index contributed by atoms with van der Waals surface area (Å²) in [5, 5.41) is 8.48. The van der Waals surface area contributed by atoms with Crippen LogP contribution in [-0.4, -0.2) is 64.0 Å². The summed E-state index contributed by atoms with van der Waals surface area (Å²) in [6.07, 6.45) is -0.906. The molecule has 3 heterocycles. The van der Waals surface area contributed by atoms with Crippen molar-refractivity contribution in [2.24, 2.45) is 0 Å². The van der Waals surface area contributed by atoms with Crippen molar-refractivity contribution < 1.29 is 35.9 Å². The maximum Gasteiger partial charge on any atom is 0.422 e. The highest BCUT2D eigenvalue weighted by Gasteiger charge is 2.37. The number of para-hydroxylation sites is 1. The van der Waals surface area contributed by atoms with Gasteiger partial charge in [-0.05, 0) is 37.2 Å². The zero-order valence-electron chi connectivity index (χ0n) is 28.5. The van der Waals surface area contributed by atoms with Gasteiger partial charge in [-0.3, -0.25) is 4.68 Å². The molecule has 5 aromatic rings. The van der Waals surface area contributed by atoms with Crippen molar-refractivity contribution in [1.82, 2.24) is 29.7 Å². The van der Waals surface area contributed by atoms with E-state index >= 15 is 8.78 Å². The Morgan fingerprint density at radius 1 is 0.920 bits per heavy atom. The minimum atomic E-state index is -4.66. The largest absolute Gasteiger partial charge is 0.488 e. The summed E-state index contributed by atoms with van der Waals surface area (Å²) in [4.78, 5) is 17.8. The maximum atomic E-state index is 15.0. The van der Waals surface area contributed by atoms with Crippen LogP contribution >= 0.6 is 0 Å². The lowest BCUT2D eigenvalue weighted by molar-refractivity contribution is -0.153. The molecule has 50 heavy (non-hydrogen) atoms. The summed E-state index contributed by atoms with van der Waals surface area (Å²) in [5.74, 6) is -0.870. The van der Waals surface area contributed by atoms with Gasteiger partial charge in [0.25, 0.3) is 0 Å². The third-order valence-electron chi connectivity index (χ3n) is 8.29. The lowest BCUT2D eigenvalue weighted by atomic mass is 10.1. The van der Waals surface area contributed by atoms with Crippen molar-refractivity contribution >= 4 is 30.9 Å². The van der Waals surface area contributed by atoms with Crippen LogP contribution in [0, 0.1) is 18.6 Å². The topological polar surface area (TPSA) is 109 Å². The summed E-state index contributed by atoms with van der Waals surface area (Å²) in [5.41, 5.74) is 0.431. The molecule has 16 heteroatoms. The molecule has 10 nitrogen and oxygen atoms in total. The molecule has 0 saturated heterocycles. The molecule has 0 aliphatic carbocycles. The van der Waals surface area contributed by atoms with Crippen LogP contribution in [-0.2, 0) is 11.0 Å². The van der Waals surface area contributed by atoms with Crippen molar-refractivity contribution in [2.75, 3.05) is 25.1 Å². The third kappa shape index (κ3) is 8.90. The molecule has 0 bridgehead atoms. The van der Waals surface area contributed by atoms with Gasteiger partial charge in [0.2, 0.25) is 0 Å². The van der Waals surface area contributed by atoms with Gasteiger partial charge >= 0.3 is 6.18 Å². The second kappa shape index (κ2) is 14.6. The molecule has 266 valence electrons. The highest BCUT2D eigenvalue weighted by Crippen LogP contribution is 2.37. The fraction of sp³-hybridized carbons (Fsp3) is 0.382. The van der Waals surface area contributed by atoms with E-state index in [4.69, 9.17) is 14.1 Å². The Kier molecular flexibility index (Phi) is 10.7. The number of aryl methyl sites for hydroxylation is 1. The summed E-state index contributed by atoms with van der Waals surface area (Å²) in [6.45, 7) is 11.5. The van der Waals surface area contributed by atoms with Crippen molar-refractivity contribution in [3.8, 4) is 23.0 Å². The molecule has 0 amide bonds. The van der Waals surface area contributed by atoms with Crippen molar-refractivity contribution in [2.45, 2.75) is 65.0 Å². The summed E-state index contributed by atoms with van der Waals surface area (Å²) >= 11 is 0. The first-order valence-electron chi connectivity index (χ1n) is 15.8. The van der Waals surface area contributed by atoms with Crippen LogP contribution in [0.2, 0.25) is 18.1 Å². The molecule has 3 aromatic heterocycles. The number of rotatable bonds is 13. The van der Waals surface area contributed by atoms with Crippen LogP contribution in [0.1, 0.15) is 38.6 Å². The van der Waals surface area contributed by atoms with Crippen LogP contribution in [0.4, 0.5) is 33.6 Å². The monoisotopic (exact) mass is 715 g/mol. The molecule has 2 aromatic carbocycles. The van der Waals surface area contributed by atoms with E-state index in [9.17, 15) is 13.2 Å². The molecule has 0 aliphatic rings. The van der Waals surface area contributed by atoms with E-state index in [1.165, 1.54) is 10.9 Å². The van der Waals surface area contributed by atoms with Crippen molar-refractivity contribution in [3.05, 3.63) is 77.9 Å². The molecule has 0 spiro atoms. The van der Waals surface area contributed by atoms with Crippen LogP contribution in [0.5, 0.6) is 11.5 Å². The van der Waals surface area contributed by atoms with E-state index in [1.807, 2.05) is 0 Å². The number of aromatic nitrogens is 6. The zero-order valence-corrected chi connectivity index (χ0v) is 29.5. The Labute approximate surface area is 287 Å². The smallest absolute Gasteiger partial charge is 0.422 e. The molecule has 0 radical (unpaired) electrons. The molecule has 0 aliphatic heterocycles. The fourth-order valence-corrected chi connectivity index (χ4v) is 5.74. The number of nitrogens with zero attached hydrogens (tertiary/aromatic N) is 6. The second-order valence-electron chi connectivity index (χ2n) is 13.1. The van der Waals surface area contributed by atoms with E-state index in [2.05, 4.69) is 64.0 Å². The van der Waals surface area contributed by atoms with Gasteiger partial charge in [0, 0.05) is 42.3 Å². The van der Waals surface area contributed by atoms with E-state index < -0.39 is 44.0 Å². The summed E-state index contributed by atoms with van der Waals surface area (Å²) < 4.78 is 86.0. The fourth-order valence-electron chi connectivity index (χ4n) is 4.65. The molecule has 1 N–H and O–H groups in total. The molecule has 0 unspecified atom stereocenters. The van der Waals surface area contributed by atoms with Gasteiger partial charge < -0.3 is 19.2 Å². The predicted molar refractivity (Wildman–Crippen MR) is 181 cm³/mol. The Morgan fingerprint density at radius 3 is 2.32 bits per heavy atom. The quantitative estimate of drug-likeness (QED) is 0.0731. The van der Waals surface area contributed by atoms with Gasteiger partial charge in [-0.2, -0.15) is 18.3 Å². The second-order valence-corrected chi connectivity index (χ2v) is 17.9. The Morgan fingerprint density at radius 2 is 1.64 bits per heavy atom. The Hall–Kier alpha value is -4.70. The predicted octanol–water partition coefficient (Wildman–Crippen LogP) is 8.39.